The number of hydrogen-bond donors (Lipinski definition) is 1. The van der Waals surface area contributed by atoms with E-state index in [2.05, 4.69) is 42.5 Å². The largest absolute Gasteiger partial charge is 0.321 e. The van der Waals surface area contributed by atoms with Crippen LogP contribution in [-0.2, 0) is 4.79 Å². The summed E-state index contributed by atoms with van der Waals surface area (Å²) in [5.74, 6) is 0.0448. The maximum Gasteiger partial charge on any atom is 0.173 e. The fourth-order valence-corrected chi connectivity index (χ4v) is 3.50. The Morgan fingerprint density at radius 2 is 1.54 bits per heavy atom. The molecule has 0 heterocycles. The van der Waals surface area contributed by atoms with Gasteiger partial charge in [-0.1, -0.05) is 66.7 Å². The first-order chi connectivity index (χ1) is 11.7. The van der Waals surface area contributed by atoms with Gasteiger partial charge in [-0.15, -0.1) is 0 Å². The van der Waals surface area contributed by atoms with Crippen molar-refractivity contribution in [3.05, 3.63) is 90.0 Å². The third kappa shape index (κ3) is 2.66. The molecule has 2 nitrogen and oxygen atoms in total. The molecule has 2 unspecified atom stereocenters. The highest BCUT2D eigenvalue weighted by atomic mass is 16.1. The summed E-state index contributed by atoms with van der Waals surface area (Å²) >= 11 is 0. The number of nitrogens with two attached hydrogens (primary N) is 1. The molecule has 0 amide bonds. The molecule has 2 heteroatoms. The molecule has 1 aliphatic rings. The quantitative estimate of drug-likeness (QED) is 0.766. The summed E-state index contributed by atoms with van der Waals surface area (Å²) < 4.78 is 0. The molecule has 0 fully saturated rings. The van der Waals surface area contributed by atoms with E-state index in [1.165, 1.54) is 10.8 Å². The Morgan fingerprint density at radius 3 is 2.33 bits per heavy atom. The SMILES string of the molecule is NC1C(=O)C=C(c2ccc3ccccc3c2)CC1c1ccccc1. The molecule has 0 spiro atoms. The van der Waals surface area contributed by atoms with Gasteiger partial charge in [-0.2, -0.15) is 0 Å². The van der Waals surface area contributed by atoms with Crippen LogP contribution in [0.15, 0.2) is 78.9 Å². The van der Waals surface area contributed by atoms with Gasteiger partial charge in [-0.05, 0) is 46.0 Å². The fraction of sp³-hybridized carbons (Fsp3) is 0.136. The lowest BCUT2D eigenvalue weighted by Gasteiger charge is -2.28. The van der Waals surface area contributed by atoms with Gasteiger partial charge in [0.15, 0.2) is 5.78 Å². The first-order valence-corrected chi connectivity index (χ1v) is 8.26. The zero-order chi connectivity index (χ0) is 16.5. The Morgan fingerprint density at radius 1 is 0.833 bits per heavy atom. The zero-order valence-electron chi connectivity index (χ0n) is 13.4. The van der Waals surface area contributed by atoms with Crippen LogP contribution in [0.4, 0.5) is 0 Å². The molecule has 0 radical (unpaired) electrons. The van der Waals surface area contributed by atoms with Gasteiger partial charge >= 0.3 is 0 Å². The zero-order valence-corrected chi connectivity index (χ0v) is 13.4. The van der Waals surface area contributed by atoms with Gasteiger partial charge in [0.1, 0.15) is 0 Å². The summed E-state index contributed by atoms with van der Waals surface area (Å²) in [6, 6.07) is 24.3. The third-order valence-corrected chi connectivity index (χ3v) is 4.87. The molecule has 24 heavy (non-hydrogen) atoms. The number of ketones is 1. The maximum absolute atomic E-state index is 12.4. The average molecular weight is 313 g/mol. The van der Waals surface area contributed by atoms with Gasteiger partial charge in [0.05, 0.1) is 6.04 Å². The Kier molecular flexibility index (Phi) is 3.75. The number of carbonyl (C=O) groups is 1. The summed E-state index contributed by atoms with van der Waals surface area (Å²) in [5.41, 5.74) is 9.50. The van der Waals surface area contributed by atoms with E-state index in [1.807, 2.05) is 30.3 Å². The molecule has 3 aromatic carbocycles. The monoisotopic (exact) mass is 313 g/mol. The number of benzene rings is 3. The van der Waals surface area contributed by atoms with Crippen molar-refractivity contribution in [2.75, 3.05) is 0 Å². The van der Waals surface area contributed by atoms with Crippen molar-refractivity contribution < 1.29 is 4.79 Å². The predicted octanol–water partition coefficient (Wildman–Crippen LogP) is 4.31. The van der Waals surface area contributed by atoms with Gasteiger partial charge in [-0.25, -0.2) is 0 Å². The second kappa shape index (κ2) is 6.06. The van der Waals surface area contributed by atoms with E-state index in [1.54, 1.807) is 6.08 Å². The van der Waals surface area contributed by atoms with Crippen LogP contribution in [0.3, 0.4) is 0 Å². The lowest BCUT2D eigenvalue weighted by Crippen LogP contribution is -2.38. The number of hydrogen-bond acceptors (Lipinski definition) is 2. The van der Waals surface area contributed by atoms with Gasteiger partial charge in [0, 0.05) is 5.92 Å². The minimum Gasteiger partial charge on any atom is -0.321 e. The minimum atomic E-state index is -0.461. The Hall–Kier alpha value is -2.71. The first kappa shape index (κ1) is 14.9. The minimum absolute atomic E-state index is 0.0123. The molecule has 0 saturated carbocycles. The van der Waals surface area contributed by atoms with Gasteiger partial charge in [-0.3, -0.25) is 4.79 Å². The molecule has 2 atom stereocenters. The number of carbonyl (C=O) groups excluding carboxylic acids is 1. The molecule has 1 aliphatic carbocycles. The molecule has 2 N–H and O–H groups in total. The van der Waals surface area contributed by atoms with Crippen LogP contribution < -0.4 is 5.73 Å². The van der Waals surface area contributed by atoms with Gasteiger partial charge < -0.3 is 5.73 Å². The van der Waals surface area contributed by atoms with Crippen molar-refractivity contribution in [1.82, 2.24) is 0 Å². The van der Waals surface area contributed by atoms with Gasteiger partial charge in [0.25, 0.3) is 0 Å². The highest BCUT2D eigenvalue weighted by Gasteiger charge is 2.30. The van der Waals surface area contributed by atoms with E-state index in [9.17, 15) is 4.79 Å². The highest BCUT2D eigenvalue weighted by Crippen LogP contribution is 2.36. The normalized spacial score (nSPS) is 20.9. The van der Waals surface area contributed by atoms with E-state index < -0.39 is 6.04 Å². The standard InChI is InChI=1S/C22H19NO/c23-22-20(16-7-2-1-3-8-16)13-19(14-21(22)24)18-11-10-15-6-4-5-9-17(15)12-18/h1-12,14,20,22H,13,23H2. The summed E-state index contributed by atoms with van der Waals surface area (Å²) in [6.45, 7) is 0. The molecule has 0 bridgehead atoms. The number of allylic oxidation sites excluding steroid dienone is 1. The van der Waals surface area contributed by atoms with Crippen LogP contribution in [0.5, 0.6) is 0 Å². The van der Waals surface area contributed by atoms with Crippen molar-refractivity contribution >= 4 is 22.1 Å². The van der Waals surface area contributed by atoms with Crippen molar-refractivity contribution in [2.24, 2.45) is 5.73 Å². The molecule has 0 aromatic heterocycles. The van der Waals surface area contributed by atoms with E-state index in [0.29, 0.717) is 0 Å². The van der Waals surface area contributed by atoms with E-state index >= 15 is 0 Å². The van der Waals surface area contributed by atoms with Crippen molar-refractivity contribution in [2.45, 2.75) is 18.4 Å². The summed E-state index contributed by atoms with van der Waals surface area (Å²) in [6.07, 6.45) is 2.52. The van der Waals surface area contributed by atoms with Crippen LogP contribution in [-0.4, -0.2) is 11.8 Å². The average Bonchev–Trinajstić information content (AvgIpc) is 2.64. The van der Waals surface area contributed by atoms with E-state index in [4.69, 9.17) is 5.73 Å². The number of rotatable bonds is 2. The van der Waals surface area contributed by atoms with Gasteiger partial charge in [0.2, 0.25) is 0 Å². The Balaban J connectivity index is 1.74. The Labute approximate surface area is 141 Å². The summed E-state index contributed by atoms with van der Waals surface area (Å²) in [5, 5.41) is 2.40. The second-order valence-corrected chi connectivity index (χ2v) is 6.38. The molecule has 3 aromatic rings. The topological polar surface area (TPSA) is 43.1 Å². The van der Waals surface area contributed by atoms with Crippen LogP contribution >= 0.6 is 0 Å². The molecule has 0 saturated heterocycles. The van der Waals surface area contributed by atoms with Crippen LogP contribution in [0, 0.1) is 0 Å². The molecule has 0 aliphatic heterocycles. The van der Waals surface area contributed by atoms with Crippen LogP contribution in [0.2, 0.25) is 0 Å². The van der Waals surface area contributed by atoms with Crippen molar-refractivity contribution in [3.63, 3.8) is 0 Å². The fourth-order valence-electron chi connectivity index (χ4n) is 3.50. The van der Waals surface area contributed by atoms with Crippen molar-refractivity contribution in [1.29, 1.82) is 0 Å². The molecule has 118 valence electrons. The van der Waals surface area contributed by atoms with Crippen molar-refractivity contribution in [3.8, 4) is 0 Å². The smallest absolute Gasteiger partial charge is 0.173 e. The molecule has 4 rings (SSSR count). The number of fused-ring (bicyclic) bond motifs is 1. The van der Waals surface area contributed by atoms with Crippen LogP contribution in [0.1, 0.15) is 23.5 Å². The maximum atomic E-state index is 12.4. The molecular weight excluding hydrogens is 294 g/mol. The lowest BCUT2D eigenvalue weighted by molar-refractivity contribution is -0.116. The van der Waals surface area contributed by atoms with E-state index in [0.717, 1.165) is 23.1 Å². The summed E-state index contributed by atoms with van der Waals surface area (Å²) in [4.78, 5) is 12.4. The second-order valence-electron chi connectivity index (χ2n) is 6.38. The lowest BCUT2D eigenvalue weighted by atomic mass is 9.78. The first-order valence-electron chi connectivity index (χ1n) is 8.26. The summed E-state index contributed by atoms with van der Waals surface area (Å²) in [7, 11) is 0. The van der Waals surface area contributed by atoms with Crippen LogP contribution in [0.25, 0.3) is 16.3 Å². The third-order valence-electron chi connectivity index (χ3n) is 4.87. The van der Waals surface area contributed by atoms with E-state index in [-0.39, 0.29) is 11.7 Å². The highest BCUT2D eigenvalue weighted by molar-refractivity contribution is 6.03. The molecular formula is C22H19NO. The Bertz CT molecular complexity index is 927. The predicted molar refractivity (Wildman–Crippen MR) is 98.7 cm³/mol.